The van der Waals surface area contributed by atoms with Crippen LogP contribution in [0.3, 0.4) is 0 Å². The maximum Gasteiger partial charge on any atom is 0.353 e. The average Bonchev–Trinajstić information content (AvgIpc) is 3.50. The van der Waals surface area contributed by atoms with Crippen LogP contribution in [0.5, 0.6) is 5.75 Å². The van der Waals surface area contributed by atoms with Gasteiger partial charge in [0, 0.05) is 34.7 Å². The van der Waals surface area contributed by atoms with Crippen molar-refractivity contribution < 1.29 is 63.7 Å². The van der Waals surface area contributed by atoms with Crippen LogP contribution in [0.25, 0.3) is 0 Å². The number of carboxylic acid groups (broad SMARTS) is 1. The van der Waals surface area contributed by atoms with Gasteiger partial charge in [-0.25, -0.2) is 19.2 Å². The third kappa shape index (κ3) is 5.96. The lowest BCUT2D eigenvalue weighted by molar-refractivity contribution is -0.186. The summed E-state index contributed by atoms with van der Waals surface area (Å²) in [5.74, 6) is -5.45. The first kappa shape index (κ1) is 36.2. The number of hydrogen-bond acceptors (Lipinski definition) is 13. The lowest BCUT2D eigenvalue weighted by atomic mass is 9.52. The van der Waals surface area contributed by atoms with Gasteiger partial charge in [0.2, 0.25) is 12.2 Å². The summed E-state index contributed by atoms with van der Waals surface area (Å²) in [7, 11) is 1.95. The van der Waals surface area contributed by atoms with E-state index in [0.717, 1.165) is 11.1 Å². The Hall–Kier alpha value is -5.12. The zero-order valence-corrected chi connectivity index (χ0v) is 28.7. The van der Waals surface area contributed by atoms with Crippen LogP contribution < -0.4 is 4.74 Å². The van der Waals surface area contributed by atoms with E-state index in [2.05, 4.69) is 4.90 Å². The van der Waals surface area contributed by atoms with Gasteiger partial charge in [0.25, 0.3) is 0 Å². The minimum Gasteiger partial charge on any atom is -0.481 e. The Kier molecular flexibility index (Phi) is 9.59. The highest BCUT2D eigenvalue weighted by Gasteiger charge is 2.71. The van der Waals surface area contributed by atoms with Crippen LogP contribution in [-0.4, -0.2) is 97.9 Å². The van der Waals surface area contributed by atoms with Gasteiger partial charge in [-0.15, -0.1) is 0 Å². The van der Waals surface area contributed by atoms with E-state index in [0.29, 0.717) is 37.1 Å². The lowest BCUT2D eigenvalue weighted by Crippen LogP contribution is -2.69. The Morgan fingerprint density at radius 3 is 2.15 bits per heavy atom. The van der Waals surface area contributed by atoms with Crippen molar-refractivity contribution in [3.8, 4) is 5.75 Å². The molecule has 2 heterocycles. The number of carbonyl (C=O) groups is 4. The van der Waals surface area contributed by atoms with Crippen LogP contribution in [0, 0.1) is 0 Å². The maximum absolute atomic E-state index is 13.4. The Balaban J connectivity index is 1.11. The number of esters is 3. The highest BCUT2D eigenvalue weighted by atomic mass is 16.6. The predicted molar refractivity (Wildman–Crippen MR) is 182 cm³/mol. The molecule has 5 N–H and O–H groups in total. The number of aliphatic hydroxyl groups is 4. The fraction of sp³-hybridized carbons (Fsp3) is 0.385. The highest BCUT2D eigenvalue weighted by molar-refractivity contribution is 5.88. The molecule has 278 valence electrons. The van der Waals surface area contributed by atoms with Crippen molar-refractivity contribution in [3.63, 3.8) is 0 Å². The molecule has 1 spiro atoms. The highest BCUT2D eigenvalue weighted by Crippen LogP contribution is 2.64. The van der Waals surface area contributed by atoms with Crippen molar-refractivity contribution in [2.45, 2.75) is 79.9 Å². The molecule has 8 atom stereocenters. The van der Waals surface area contributed by atoms with Crippen LogP contribution in [-0.2, 0) is 51.8 Å². The van der Waals surface area contributed by atoms with Crippen LogP contribution in [0.15, 0.2) is 84.6 Å². The molecule has 0 saturated carbocycles. The number of benzene rings is 3. The van der Waals surface area contributed by atoms with E-state index in [4.69, 9.17) is 18.9 Å². The fourth-order valence-corrected chi connectivity index (χ4v) is 8.45. The second-order valence-electron chi connectivity index (χ2n) is 13.9. The molecule has 3 aromatic carbocycles. The van der Waals surface area contributed by atoms with Crippen molar-refractivity contribution in [2.75, 3.05) is 13.6 Å². The van der Waals surface area contributed by atoms with Crippen LogP contribution in [0.2, 0.25) is 0 Å². The molecular formula is C39H39NO13. The maximum atomic E-state index is 13.4. The van der Waals surface area contributed by atoms with Gasteiger partial charge >= 0.3 is 23.9 Å². The molecule has 14 nitrogen and oxygen atoms in total. The first-order chi connectivity index (χ1) is 25.4. The van der Waals surface area contributed by atoms with E-state index in [1.807, 2.05) is 13.1 Å². The zero-order chi connectivity index (χ0) is 37.7. The summed E-state index contributed by atoms with van der Waals surface area (Å²) < 4.78 is 22.6. The predicted octanol–water partition coefficient (Wildman–Crippen LogP) is 1.77. The van der Waals surface area contributed by atoms with Crippen molar-refractivity contribution in [1.29, 1.82) is 0 Å². The van der Waals surface area contributed by atoms with Gasteiger partial charge in [0.15, 0.2) is 18.3 Å². The van der Waals surface area contributed by atoms with E-state index >= 15 is 0 Å². The second-order valence-corrected chi connectivity index (χ2v) is 13.9. The fourth-order valence-electron chi connectivity index (χ4n) is 8.45. The molecule has 3 aromatic rings. The molecule has 7 rings (SSSR count). The summed E-state index contributed by atoms with van der Waals surface area (Å²) in [6.07, 6.45) is -6.50. The molecule has 4 aliphatic rings. The summed E-state index contributed by atoms with van der Waals surface area (Å²) in [5, 5.41) is 54.2. The van der Waals surface area contributed by atoms with Crippen molar-refractivity contribution >= 4 is 23.9 Å². The molecular weight excluding hydrogens is 690 g/mol. The number of hydrogen-bond donors (Lipinski definition) is 5. The normalized spacial score (nSPS) is 26.3. The smallest absolute Gasteiger partial charge is 0.353 e. The number of aliphatic carboxylic acids is 1. The molecule has 2 aliphatic carbocycles. The van der Waals surface area contributed by atoms with E-state index < -0.39 is 65.4 Å². The molecule has 0 aromatic heterocycles. The summed E-state index contributed by atoms with van der Waals surface area (Å²) in [4.78, 5) is 54.2. The summed E-state index contributed by atoms with van der Waals surface area (Å²) in [6, 6.07) is 18.5. The van der Waals surface area contributed by atoms with Gasteiger partial charge in [-0.2, -0.15) is 0 Å². The SMILES string of the molecule is CN1CCC[C@]23c4c5ccc(CO)c4O[C@H]2C(OC(=O)[C@H](O)[C@@H](O)C(=O)O[C@H](C(=O)O[C@H](C(=O)O)c2ccccc2)c2ccccc2)=CC[C@@]3(O)[C@H]1C5. The zero-order valence-electron chi connectivity index (χ0n) is 28.7. The van der Waals surface area contributed by atoms with Gasteiger partial charge < -0.3 is 49.4 Å². The van der Waals surface area contributed by atoms with E-state index in [1.165, 1.54) is 42.5 Å². The number of nitrogens with zero attached hydrogens (tertiary/aromatic N) is 1. The average molecular weight is 730 g/mol. The summed E-state index contributed by atoms with van der Waals surface area (Å²) >= 11 is 0. The molecule has 2 bridgehead atoms. The summed E-state index contributed by atoms with van der Waals surface area (Å²) in [5.41, 5.74) is -0.0128. The van der Waals surface area contributed by atoms with Gasteiger partial charge in [-0.05, 0) is 44.5 Å². The monoisotopic (exact) mass is 729 g/mol. The minimum absolute atomic E-state index is 0.0399. The minimum atomic E-state index is -2.55. The van der Waals surface area contributed by atoms with E-state index in [-0.39, 0.29) is 36.0 Å². The number of likely N-dealkylation sites (N-methyl/N-ethyl adjacent to an activating group) is 1. The van der Waals surface area contributed by atoms with Crippen molar-refractivity contribution in [3.05, 3.63) is 112 Å². The number of carbonyl (C=O) groups excluding carboxylic acids is 3. The number of ether oxygens (including phenoxy) is 4. The second kappa shape index (κ2) is 14.0. The van der Waals surface area contributed by atoms with Crippen LogP contribution in [0.4, 0.5) is 0 Å². The van der Waals surface area contributed by atoms with Crippen molar-refractivity contribution in [2.24, 2.45) is 0 Å². The van der Waals surface area contributed by atoms with Gasteiger partial charge in [-0.1, -0.05) is 72.8 Å². The third-order valence-electron chi connectivity index (χ3n) is 11.0. The molecule has 0 radical (unpaired) electrons. The van der Waals surface area contributed by atoms with Gasteiger partial charge in [-0.3, -0.25) is 0 Å². The van der Waals surface area contributed by atoms with Crippen LogP contribution >= 0.6 is 0 Å². The van der Waals surface area contributed by atoms with Gasteiger partial charge in [0.05, 0.1) is 17.6 Å². The van der Waals surface area contributed by atoms with Gasteiger partial charge in [0.1, 0.15) is 11.5 Å². The Morgan fingerprint density at radius 1 is 0.887 bits per heavy atom. The number of rotatable bonds is 11. The molecule has 1 fully saturated rings. The third-order valence-corrected chi connectivity index (χ3v) is 11.0. The standard InChI is InChI=1S/C39H39NO13/c1-40-18-8-16-38-27-23-13-14-24(20-41)30(27)51-33(38)25(15-17-39(38,49)26(40)19-23)50-35(46)28(42)29(43)36(47)53-32(22-11-6-3-7-12-22)37(48)52-31(34(44)45)21-9-4-2-5-10-21/h2-7,9-15,26,28-29,31-33,41-43,49H,8,16-20H2,1H3,(H,44,45)/t26-,28-,29-,31+,32+,33+,38+,39-/m1/s1. The molecule has 0 unspecified atom stereocenters. The topological polar surface area (TPSA) is 210 Å². The molecule has 0 amide bonds. The van der Waals surface area contributed by atoms with Crippen LogP contribution in [0.1, 0.15) is 59.3 Å². The number of likely N-dealkylation sites (tertiary alicyclic amines) is 1. The Bertz CT molecular complexity index is 1950. The quantitative estimate of drug-likeness (QED) is 0.141. The first-order valence-corrected chi connectivity index (χ1v) is 17.3. The number of carboxylic acids is 1. The largest absolute Gasteiger partial charge is 0.481 e. The molecule has 14 heteroatoms. The molecule has 1 saturated heterocycles. The molecule has 53 heavy (non-hydrogen) atoms. The lowest BCUT2D eigenvalue weighted by Gasteiger charge is -2.56. The number of aliphatic hydroxyl groups excluding tert-OH is 3. The van der Waals surface area contributed by atoms with E-state index in [9.17, 15) is 44.7 Å². The van der Waals surface area contributed by atoms with Crippen molar-refractivity contribution in [1.82, 2.24) is 4.90 Å². The van der Waals surface area contributed by atoms with E-state index in [1.54, 1.807) is 30.3 Å². The molecule has 2 aliphatic heterocycles. The Labute approximate surface area is 303 Å². The Morgan fingerprint density at radius 2 is 1.51 bits per heavy atom. The first-order valence-electron chi connectivity index (χ1n) is 17.3. The summed E-state index contributed by atoms with van der Waals surface area (Å²) in [6.45, 7) is 0.361.